The molecule has 6 heteroatoms. The van der Waals surface area contributed by atoms with Crippen LogP contribution in [0.25, 0.3) is 0 Å². The lowest BCUT2D eigenvalue weighted by molar-refractivity contribution is 0.114. The first kappa shape index (κ1) is 17.7. The van der Waals surface area contributed by atoms with E-state index in [2.05, 4.69) is 15.6 Å². The summed E-state index contributed by atoms with van der Waals surface area (Å²) in [6.07, 6.45) is 2.41. The molecule has 2 N–H and O–H groups in total. The molecule has 2 unspecified atom stereocenters. The largest absolute Gasteiger partial charge is 0.376 e. The third kappa shape index (κ3) is 5.46. The summed E-state index contributed by atoms with van der Waals surface area (Å²) in [6.45, 7) is 6.75. The normalized spacial score (nSPS) is 19.7. The molecule has 2 rings (SSSR count). The Morgan fingerprint density at radius 1 is 1.35 bits per heavy atom. The summed E-state index contributed by atoms with van der Waals surface area (Å²) in [5.74, 6) is -0.918. The number of rotatable bonds is 6. The zero-order chi connectivity index (χ0) is 16.7. The highest BCUT2D eigenvalue weighted by Gasteiger charge is 2.15. The molecule has 0 saturated carbocycles. The number of hydrogen-bond donors (Lipinski definition) is 2. The van der Waals surface area contributed by atoms with E-state index in [-0.39, 0.29) is 12.0 Å². The molecule has 0 aliphatic carbocycles. The summed E-state index contributed by atoms with van der Waals surface area (Å²) in [4.78, 5) is 4.53. The van der Waals surface area contributed by atoms with Gasteiger partial charge in [-0.25, -0.2) is 8.78 Å². The van der Waals surface area contributed by atoms with Crippen molar-refractivity contribution in [2.75, 3.05) is 26.2 Å². The first-order valence-corrected chi connectivity index (χ1v) is 8.19. The quantitative estimate of drug-likeness (QED) is 0.624. The molecule has 1 aliphatic heterocycles. The van der Waals surface area contributed by atoms with Crippen LogP contribution in [0.5, 0.6) is 0 Å². The van der Waals surface area contributed by atoms with Crippen LogP contribution in [0.15, 0.2) is 23.2 Å². The van der Waals surface area contributed by atoms with Crippen molar-refractivity contribution in [2.45, 2.75) is 38.7 Å². The summed E-state index contributed by atoms with van der Waals surface area (Å²) < 4.78 is 31.9. The third-order valence-electron chi connectivity index (χ3n) is 3.90. The van der Waals surface area contributed by atoms with E-state index in [1.807, 2.05) is 13.8 Å². The molecule has 23 heavy (non-hydrogen) atoms. The lowest BCUT2D eigenvalue weighted by Crippen LogP contribution is -2.41. The molecular formula is C17H25F2N3O. The monoisotopic (exact) mass is 325 g/mol. The lowest BCUT2D eigenvalue weighted by Gasteiger charge is -2.16. The van der Waals surface area contributed by atoms with Gasteiger partial charge in [0.1, 0.15) is 0 Å². The highest BCUT2D eigenvalue weighted by atomic mass is 19.2. The molecule has 0 spiro atoms. The molecule has 1 aromatic carbocycles. The van der Waals surface area contributed by atoms with Gasteiger partial charge in [-0.05, 0) is 37.5 Å². The van der Waals surface area contributed by atoms with Gasteiger partial charge in [0, 0.05) is 32.2 Å². The van der Waals surface area contributed by atoms with E-state index in [0.717, 1.165) is 50.1 Å². The molecule has 1 heterocycles. The van der Waals surface area contributed by atoms with Gasteiger partial charge < -0.3 is 15.4 Å². The number of ether oxygens (including phenoxy) is 1. The fourth-order valence-corrected chi connectivity index (χ4v) is 2.51. The Balaban J connectivity index is 1.90. The lowest BCUT2D eigenvalue weighted by atomic mass is 10.0. The Hall–Kier alpha value is -1.69. The van der Waals surface area contributed by atoms with Crippen LogP contribution in [0.4, 0.5) is 8.78 Å². The van der Waals surface area contributed by atoms with E-state index in [0.29, 0.717) is 6.54 Å². The first-order valence-electron chi connectivity index (χ1n) is 8.19. The third-order valence-corrected chi connectivity index (χ3v) is 3.90. The Bertz CT molecular complexity index is 531. The summed E-state index contributed by atoms with van der Waals surface area (Å²) >= 11 is 0. The van der Waals surface area contributed by atoms with Gasteiger partial charge in [0.05, 0.1) is 6.10 Å². The maximum atomic E-state index is 13.3. The minimum absolute atomic E-state index is 0.00304. The van der Waals surface area contributed by atoms with Gasteiger partial charge in [-0.3, -0.25) is 4.99 Å². The molecule has 4 nitrogen and oxygen atoms in total. The van der Waals surface area contributed by atoms with Gasteiger partial charge >= 0.3 is 0 Å². The van der Waals surface area contributed by atoms with Crippen LogP contribution in [0.2, 0.25) is 0 Å². The fourth-order valence-electron chi connectivity index (χ4n) is 2.51. The molecule has 1 saturated heterocycles. The van der Waals surface area contributed by atoms with Crippen LogP contribution in [0, 0.1) is 11.6 Å². The van der Waals surface area contributed by atoms with E-state index in [4.69, 9.17) is 4.74 Å². The zero-order valence-corrected chi connectivity index (χ0v) is 13.7. The highest BCUT2D eigenvalue weighted by molar-refractivity contribution is 5.79. The molecular weight excluding hydrogens is 300 g/mol. The molecule has 0 aromatic heterocycles. The average molecular weight is 325 g/mol. The van der Waals surface area contributed by atoms with Crippen LogP contribution >= 0.6 is 0 Å². The second kappa shape index (κ2) is 8.82. The van der Waals surface area contributed by atoms with Gasteiger partial charge in [-0.2, -0.15) is 0 Å². The topological polar surface area (TPSA) is 45.7 Å². The van der Waals surface area contributed by atoms with Crippen LogP contribution in [-0.4, -0.2) is 38.3 Å². The molecule has 1 aliphatic rings. The van der Waals surface area contributed by atoms with Crippen LogP contribution < -0.4 is 10.6 Å². The number of nitrogens with zero attached hydrogens (tertiary/aromatic N) is 1. The number of aliphatic imine (C=N–C) groups is 1. The van der Waals surface area contributed by atoms with Crippen molar-refractivity contribution in [1.82, 2.24) is 10.6 Å². The van der Waals surface area contributed by atoms with Crippen molar-refractivity contribution in [1.29, 1.82) is 0 Å². The second-order valence-electron chi connectivity index (χ2n) is 5.81. The van der Waals surface area contributed by atoms with Crippen molar-refractivity contribution in [3.05, 3.63) is 35.4 Å². The number of nitrogens with one attached hydrogen (secondary N) is 2. The van der Waals surface area contributed by atoms with Crippen LogP contribution in [0.1, 0.15) is 38.2 Å². The maximum Gasteiger partial charge on any atom is 0.191 e. The van der Waals surface area contributed by atoms with E-state index in [1.165, 1.54) is 6.07 Å². The van der Waals surface area contributed by atoms with Gasteiger partial charge in [0.2, 0.25) is 0 Å². The summed E-state index contributed by atoms with van der Waals surface area (Å²) in [5, 5.41) is 6.45. The molecule has 0 bridgehead atoms. The Labute approximate surface area is 136 Å². The molecule has 1 fully saturated rings. The molecule has 2 atom stereocenters. The van der Waals surface area contributed by atoms with Gasteiger partial charge in [0.15, 0.2) is 17.6 Å². The zero-order valence-electron chi connectivity index (χ0n) is 13.7. The summed E-state index contributed by atoms with van der Waals surface area (Å²) in [6, 6.07) is 4.00. The first-order chi connectivity index (χ1) is 11.1. The summed E-state index contributed by atoms with van der Waals surface area (Å²) in [5.41, 5.74) is 0.739. The molecule has 128 valence electrons. The Morgan fingerprint density at radius 3 is 2.83 bits per heavy atom. The van der Waals surface area contributed by atoms with Crippen molar-refractivity contribution in [3.8, 4) is 0 Å². The van der Waals surface area contributed by atoms with Crippen molar-refractivity contribution in [3.63, 3.8) is 0 Å². The number of hydrogen-bond acceptors (Lipinski definition) is 2. The number of benzene rings is 1. The number of halogens is 2. The maximum absolute atomic E-state index is 13.3. The minimum Gasteiger partial charge on any atom is -0.376 e. The SMILES string of the molecule is CCNC(=NCC(C)c1ccc(F)c(F)c1)NCC1CCCO1. The van der Waals surface area contributed by atoms with Gasteiger partial charge in [-0.15, -0.1) is 0 Å². The summed E-state index contributed by atoms with van der Waals surface area (Å²) in [7, 11) is 0. The van der Waals surface area contributed by atoms with Gasteiger partial charge in [0.25, 0.3) is 0 Å². The second-order valence-corrected chi connectivity index (χ2v) is 5.81. The average Bonchev–Trinajstić information content (AvgIpc) is 3.06. The Morgan fingerprint density at radius 2 is 2.17 bits per heavy atom. The number of guanidine groups is 1. The van der Waals surface area contributed by atoms with E-state index < -0.39 is 11.6 Å². The molecule has 1 aromatic rings. The van der Waals surface area contributed by atoms with Crippen molar-refractivity contribution in [2.24, 2.45) is 4.99 Å². The Kier molecular flexibility index (Phi) is 6.77. The highest BCUT2D eigenvalue weighted by Crippen LogP contribution is 2.18. The minimum atomic E-state index is -0.823. The van der Waals surface area contributed by atoms with Crippen molar-refractivity contribution < 1.29 is 13.5 Å². The molecule has 0 amide bonds. The predicted molar refractivity (Wildman–Crippen MR) is 87.7 cm³/mol. The van der Waals surface area contributed by atoms with Gasteiger partial charge in [-0.1, -0.05) is 13.0 Å². The standard InChI is InChI=1S/C17H25F2N3O/c1-3-20-17(22-11-14-5-4-8-23-14)21-10-12(2)13-6-7-15(18)16(19)9-13/h6-7,9,12,14H,3-5,8,10-11H2,1-2H3,(H2,20,21,22). The van der Waals surface area contributed by atoms with Crippen LogP contribution in [-0.2, 0) is 4.74 Å². The van der Waals surface area contributed by atoms with E-state index in [9.17, 15) is 8.78 Å². The van der Waals surface area contributed by atoms with E-state index in [1.54, 1.807) is 6.07 Å². The van der Waals surface area contributed by atoms with E-state index >= 15 is 0 Å². The smallest absolute Gasteiger partial charge is 0.191 e. The molecule has 0 radical (unpaired) electrons. The van der Waals surface area contributed by atoms with Crippen LogP contribution in [0.3, 0.4) is 0 Å². The van der Waals surface area contributed by atoms with Crippen molar-refractivity contribution >= 4 is 5.96 Å². The predicted octanol–water partition coefficient (Wildman–Crippen LogP) is 2.80. The fraction of sp³-hybridized carbons (Fsp3) is 0.588.